The second-order valence-electron chi connectivity index (χ2n) is 4.96. The van der Waals surface area contributed by atoms with E-state index in [2.05, 4.69) is 25.7 Å². The zero-order valence-electron chi connectivity index (χ0n) is 12.7. The molecule has 0 aromatic carbocycles. The van der Waals surface area contributed by atoms with E-state index in [4.69, 9.17) is 4.42 Å². The summed E-state index contributed by atoms with van der Waals surface area (Å²) in [7, 11) is 3.48. The Morgan fingerprint density at radius 1 is 1.23 bits per heavy atom. The monoisotopic (exact) mass is 301 g/mol. The Balaban J connectivity index is 1.83. The van der Waals surface area contributed by atoms with Crippen molar-refractivity contribution in [2.75, 3.05) is 5.32 Å². The molecule has 0 saturated heterocycles. The van der Waals surface area contributed by atoms with Crippen LogP contribution in [0.2, 0.25) is 0 Å². The molecule has 0 aliphatic carbocycles. The van der Waals surface area contributed by atoms with Crippen LogP contribution in [0.1, 0.15) is 21.7 Å². The minimum atomic E-state index is -0.353. The molecule has 3 heterocycles. The number of hydrogen-bond donors (Lipinski definition) is 1. The van der Waals surface area contributed by atoms with Crippen molar-refractivity contribution >= 4 is 11.9 Å². The summed E-state index contributed by atoms with van der Waals surface area (Å²) in [6.45, 7) is 3.67. The van der Waals surface area contributed by atoms with Crippen molar-refractivity contribution in [3.8, 4) is 11.6 Å². The Morgan fingerprint density at radius 2 is 2.00 bits per heavy atom. The number of nitrogens with one attached hydrogen (secondary N) is 1. The van der Waals surface area contributed by atoms with Crippen molar-refractivity contribution in [3.05, 3.63) is 29.2 Å². The lowest BCUT2D eigenvalue weighted by Crippen LogP contribution is -2.17. The van der Waals surface area contributed by atoms with Crippen molar-refractivity contribution in [2.45, 2.75) is 13.8 Å². The van der Waals surface area contributed by atoms with Crippen LogP contribution in [0, 0.1) is 13.8 Å². The van der Waals surface area contributed by atoms with Crippen LogP contribution in [-0.4, -0.2) is 35.7 Å². The zero-order valence-corrected chi connectivity index (χ0v) is 12.7. The fourth-order valence-electron chi connectivity index (χ4n) is 2.22. The SMILES string of the molecule is Cc1cc(-c2nnc(NC(=O)c3c(C)cnn3C)o2)n(C)n1. The molecule has 0 aliphatic rings. The fraction of sp³-hybridized carbons (Fsp3) is 0.308. The molecule has 9 heteroatoms. The standard InChI is InChI=1S/C13H15N7O2/c1-7-6-14-20(4)10(7)11(21)15-13-17-16-12(22-13)9-5-8(2)18-19(9)3/h5-6H,1-4H3,(H,15,17,21). The summed E-state index contributed by atoms with van der Waals surface area (Å²) < 4.78 is 8.60. The van der Waals surface area contributed by atoms with Crippen LogP contribution in [0.25, 0.3) is 11.6 Å². The molecule has 22 heavy (non-hydrogen) atoms. The van der Waals surface area contributed by atoms with Gasteiger partial charge < -0.3 is 4.42 Å². The highest BCUT2D eigenvalue weighted by Crippen LogP contribution is 2.20. The van der Waals surface area contributed by atoms with E-state index < -0.39 is 0 Å². The molecule has 3 rings (SSSR count). The van der Waals surface area contributed by atoms with Crippen molar-refractivity contribution in [3.63, 3.8) is 0 Å². The molecule has 3 aromatic rings. The first-order chi connectivity index (χ1) is 10.5. The van der Waals surface area contributed by atoms with Crippen molar-refractivity contribution in [2.24, 2.45) is 14.1 Å². The maximum Gasteiger partial charge on any atom is 0.322 e. The van der Waals surface area contributed by atoms with Gasteiger partial charge in [-0.2, -0.15) is 10.2 Å². The molecule has 9 nitrogen and oxygen atoms in total. The smallest absolute Gasteiger partial charge is 0.322 e. The van der Waals surface area contributed by atoms with E-state index in [9.17, 15) is 4.79 Å². The Kier molecular flexibility index (Phi) is 3.24. The lowest BCUT2D eigenvalue weighted by Gasteiger charge is -2.02. The predicted molar refractivity (Wildman–Crippen MR) is 77.1 cm³/mol. The third kappa shape index (κ3) is 2.36. The maximum atomic E-state index is 12.2. The van der Waals surface area contributed by atoms with Crippen LogP contribution in [0.4, 0.5) is 6.01 Å². The van der Waals surface area contributed by atoms with Crippen molar-refractivity contribution < 1.29 is 9.21 Å². The second-order valence-corrected chi connectivity index (χ2v) is 4.96. The molecular weight excluding hydrogens is 286 g/mol. The second kappa shape index (κ2) is 5.10. The molecule has 0 bridgehead atoms. The quantitative estimate of drug-likeness (QED) is 0.776. The summed E-state index contributed by atoms with van der Waals surface area (Å²) in [4.78, 5) is 12.2. The number of anilines is 1. The number of nitrogens with zero attached hydrogens (tertiary/aromatic N) is 6. The van der Waals surface area contributed by atoms with E-state index in [1.54, 1.807) is 31.9 Å². The van der Waals surface area contributed by atoms with Gasteiger partial charge in [-0.1, -0.05) is 5.10 Å². The van der Waals surface area contributed by atoms with Gasteiger partial charge in [0.2, 0.25) is 0 Å². The summed E-state index contributed by atoms with van der Waals surface area (Å²) in [5.41, 5.74) is 2.73. The van der Waals surface area contributed by atoms with Crippen molar-refractivity contribution in [1.29, 1.82) is 0 Å². The highest BCUT2D eigenvalue weighted by Gasteiger charge is 2.18. The van der Waals surface area contributed by atoms with Gasteiger partial charge >= 0.3 is 6.01 Å². The van der Waals surface area contributed by atoms with Gasteiger partial charge in [0.25, 0.3) is 11.8 Å². The third-order valence-corrected chi connectivity index (χ3v) is 3.20. The van der Waals surface area contributed by atoms with Crippen LogP contribution in [0.5, 0.6) is 0 Å². The number of aryl methyl sites for hydroxylation is 4. The Bertz CT molecular complexity index is 823. The topological polar surface area (TPSA) is 104 Å². The number of hydrogen-bond acceptors (Lipinski definition) is 6. The predicted octanol–water partition coefficient (Wildman–Crippen LogP) is 1.07. The average molecular weight is 301 g/mol. The minimum absolute atomic E-state index is 0.0273. The van der Waals surface area contributed by atoms with Gasteiger partial charge in [0, 0.05) is 14.1 Å². The number of amides is 1. The van der Waals surface area contributed by atoms with Gasteiger partial charge in [-0.15, -0.1) is 5.10 Å². The molecule has 0 spiro atoms. The van der Waals surface area contributed by atoms with E-state index >= 15 is 0 Å². The molecule has 0 aliphatic heterocycles. The van der Waals surface area contributed by atoms with E-state index in [1.807, 2.05) is 13.0 Å². The third-order valence-electron chi connectivity index (χ3n) is 3.20. The number of rotatable bonds is 3. The molecule has 1 N–H and O–H groups in total. The van der Waals surface area contributed by atoms with Crippen LogP contribution >= 0.6 is 0 Å². The largest absolute Gasteiger partial charge is 0.401 e. The van der Waals surface area contributed by atoms with Crippen LogP contribution in [-0.2, 0) is 14.1 Å². The Hall–Kier alpha value is -2.97. The Labute approximate surface area is 125 Å². The van der Waals surface area contributed by atoms with E-state index in [0.29, 0.717) is 17.3 Å². The average Bonchev–Trinajstić information content (AvgIpc) is 3.10. The highest BCUT2D eigenvalue weighted by molar-refractivity contribution is 6.02. The molecule has 3 aromatic heterocycles. The minimum Gasteiger partial charge on any atom is -0.401 e. The molecule has 0 atom stereocenters. The molecule has 0 saturated carbocycles. The molecule has 0 radical (unpaired) electrons. The van der Waals surface area contributed by atoms with Gasteiger partial charge in [0.05, 0.1) is 11.9 Å². The van der Waals surface area contributed by atoms with Crippen LogP contribution < -0.4 is 5.32 Å². The molecule has 114 valence electrons. The summed E-state index contributed by atoms with van der Waals surface area (Å²) in [5.74, 6) is -0.0611. The summed E-state index contributed by atoms with van der Waals surface area (Å²) in [6, 6.07) is 1.85. The fourth-order valence-corrected chi connectivity index (χ4v) is 2.22. The van der Waals surface area contributed by atoms with Gasteiger partial charge in [-0.3, -0.25) is 19.5 Å². The molecule has 0 fully saturated rings. The van der Waals surface area contributed by atoms with E-state index in [0.717, 1.165) is 11.3 Å². The maximum absolute atomic E-state index is 12.2. The van der Waals surface area contributed by atoms with Gasteiger partial charge in [0.15, 0.2) is 0 Å². The van der Waals surface area contributed by atoms with Gasteiger partial charge in [-0.05, 0) is 25.5 Å². The summed E-state index contributed by atoms with van der Waals surface area (Å²) in [6.07, 6.45) is 1.62. The molecular formula is C13H15N7O2. The molecule has 1 amide bonds. The lowest BCUT2D eigenvalue weighted by atomic mass is 10.2. The number of aromatic nitrogens is 6. The number of carbonyl (C=O) groups excluding carboxylic acids is 1. The lowest BCUT2D eigenvalue weighted by molar-refractivity contribution is 0.101. The first-order valence-corrected chi connectivity index (χ1v) is 6.60. The van der Waals surface area contributed by atoms with E-state index in [-0.39, 0.29) is 11.9 Å². The summed E-state index contributed by atoms with van der Waals surface area (Å²) >= 11 is 0. The zero-order chi connectivity index (χ0) is 15.9. The first kappa shape index (κ1) is 14.0. The van der Waals surface area contributed by atoms with Crippen LogP contribution in [0.3, 0.4) is 0 Å². The first-order valence-electron chi connectivity index (χ1n) is 6.60. The normalized spacial score (nSPS) is 10.9. The highest BCUT2D eigenvalue weighted by atomic mass is 16.4. The van der Waals surface area contributed by atoms with Gasteiger partial charge in [0.1, 0.15) is 11.4 Å². The Morgan fingerprint density at radius 3 is 2.59 bits per heavy atom. The number of carbonyl (C=O) groups is 1. The molecule has 0 unspecified atom stereocenters. The van der Waals surface area contributed by atoms with Crippen molar-refractivity contribution in [1.82, 2.24) is 29.8 Å². The van der Waals surface area contributed by atoms with Gasteiger partial charge in [-0.25, -0.2) is 0 Å². The van der Waals surface area contributed by atoms with Crippen LogP contribution in [0.15, 0.2) is 16.7 Å². The summed E-state index contributed by atoms with van der Waals surface area (Å²) in [5, 5.41) is 18.6. The van der Waals surface area contributed by atoms with E-state index in [1.165, 1.54) is 4.68 Å².